The minimum atomic E-state index is -0.382. The summed E-state index contributed by atoms with van der Waals surface area (Å²) in [5, 5.41) is 12.1. The van der Waals surface area contributed by atoms with Gasteiger partial charge in [0, 0.05) is 20.3 Å². The highest BCUT2D eigenvalue weighted by atomic mass is 16.5. The number of esters is 1. The number of methoxy groups -OCH3 is 1. The van der Waals surface area contributed by atoms with Crippen LogP contribution in [0.5, 0.6) is 0 Å². The smallest absolute Gasteiger partial charge is 0.338 e. The van der Waals surface area contributed by atoms with E-state index in [4.69, 9.17) is 14.7 Å². The third kappa shape index (κ3) is 4.60. The van der Waals surface area contributed by atoms with Crippen molar-refractivity contribution in [3.63, 3.8) is 0 Å². The largest absolute Gasteiger partial charge is 0.462 e. The van der Waals surface area contributed by atoms with E-state index >= 15 is 0 Å². The van der Waals surface area contributed by atoms with Crippen LogP contribution in [-0.2, 0) is 9.47 Å². The highest BCUT2D eigenvalue weighted by Crippen LogP contribution is 2.17. The van der Waals surface area contributed by atoms with E-state index in [0.29, 0.717) is 36.6 Å². The molecule has 0 bridgehead atoms. The number of rotatable bonds is 7. The van der Waals surface area contributed by atoms with E-state index in [2.05, 4.69) is 11.4 Å². The van der Waals surface area contributed by atoms with Gasteiger partial charge in [0.25, 0.3) is 0 Å². The summed E-state index contributed by atoms with van der Waals surface area (Å²) in [4.78, 5) is 11.6. The molecule has 0 heterocycles. The lowest BCUT2D eigenvalue weighted by atomic mass is 10.1. The van der Waals surface area contributed by atoms with Gasteiger partial charge in [-0.25, -0.2) is 4.79 Å². The maximum Gasteiger partial charge on any atom is 0.338 e. The fraction of sp³-hybridized carbons (Fsp3) is 0.429. The van der Waals surface area contributed by atoms with Crippen LogP contribution in [0.4, 0.5) is 5.69 Å². The minimum absolute atomic E-state index is 0.329. The molecule has 0 fully saturated rings. The Bertz CT molecular complexity index is 466. The van der Waals surface area contributed by atoms with Gasteiger partial charge in [-0.2, -0.15) is 5.26 Å². The molecule has 0 aromatic heterocycles. The van der Waals surface area contributed by atoms with Gasteiger partial charge in [-0.1, -0.05) is 0 Å². The Morgan fingerprint density at radius 3 is 2.89 bits per heavy atom. The Kier molecular flexibility index (Phi) is 6.41. The molecule has 102 valence electrons. The van der Waals surface area contributed by atoms with Crippen LogP contribution in [0.2, 0.25) is 0 Å². The fourth-order valence-electron chi connectivity index (χ4n) is 1.57. The number of nitrogens with zero attached hydrogens (tertiary/aromatic N) is 1. The number of benzene rings is 1. The van der Waals surface area contributed by atoms with Gasteiger partial charge < -0.3 is 14.8 Å². The van der Waals surface area contributed by atoms with Crippen LogP contribution in [0.25, 0.3) is 0 Å². The third-order valence-corrected chi connectivity index (χ3v) is 2.49. The van der Waals surface area contributed by atoms with E-state index in [1.807, 2.05) is 0 Å². The molecule has 5 nitrogen and oxygen atoms in total. The highest BCUT2D eigenvalue weighted by molar-refractivity contribution is 5.91. The summed E-state index contributed by atoms with van der Waals surface area (Å²) >= 11 is 0. The lowest BCUT2D eigenvalue weighted by Crippen LogP contribution is -2.09. The van der Waals surface area contributed by atoms with Crippen molar-refractivity contribution >= 4 is 11.7 Å². The zero-order chi connectivity index (χ0) is 14.1. The monoisotopic (exact) mass is 262 g/mol. The van der Waals surface area contributed by atoms with E-state index in [0.717, 1.165) is 6.42 Å². The molecule has 0 radical (unpaired) electrons. The van der Waals surface area contributed by atoms with Crippen molar-refractivity contribution in [2.45, 2.75) is 13.3 Å². The van der Waals surface area contributed by atoms with Gasteiger partial charge in [-0.05, 0) is 31.5 Å². The van der Waals surface area contributed by atoms with Crippen LogP contribution in [0.3, 0.4) is 0 Å². The second-order valence-electron chi connectivity index (χ2n) is 3.87. The predicted molar refractivity (Wildman–Crippen MR) is 72.1 cm³/mol. The van der Waals surface area contributed by atoms with Crippen molar-refractivity contribution in [2.24, 2.45) is 0 Å². The first-order valence-corrected chi connectivity index (χ1v) is 6.17. The summed E-state index contributed by atoms with van der Waals surface area (Å²) in [6, 6.07) is 6.94. The molecule has 0 atom stereocenters. The maximum atomic E-state index is 11.6. The van der Waals surface area contributed by atoms with Crippen LogP contribution in [0.15, 0.2) is 18.2 Å². The first kappa shape index (κ1) is 15.0. The zero-order valence-electron chi connectivity index (χ0n) is 11.2. The molecule has 1 N–H and O–H groups in total. The van der Waals surface area contributed by atoms with Gasteiger partial charge in [0.05, 0.1) is 23.4 Å². The quantitative estimate of drug-likeness (QED) is 0.602. The van der Waals surface area contributed by atoms with Gasteiger partial charge in [0.15, 0.2) is 0 Å². The number of nitrogens with one attached hydrogen (secondary N) is 1. The number of nitriles is 1. The van der Waals surface area contributed by atoms with Crippen molar-refractivity contribution in [1.82, 2.24) is 0 Å². The molecule has 0 unspecified atom stereocenters. The van der Waals surface area contributed by atoms with Crippen molar-refractivity contribution in [2.75, 3.05) is 32.2 Å². The molecular weight excluding hydrogens is 244 g/mol. The topological polar surface area (TPSA) is 71.4 Å². The number of anilines is 1. The molecule has 0 aliphatic rings. The van der Waals surface area contributed by atoms with Crippen molar-refractivity contribution in [3.05, 3.63) is 29.3 Å². The molecule has 0 saturated heterocycles. The number of carbonyl (C=O) groups excluding carboxylic acids is 1. The Morgan fingerprint density at radius 1 is 1.47 bits per heavy atom. The van der Waals surface area contributed by atoms with E-state index in [-0.39, 0.29) is 5.97 Å². The average molecular weight is 262 g/mol. The Hall–Kier alpha value is -2.06. The van der Waals surface area contributed by atoms with Crippen LogP contribution >= 0.6 is 0 Å². The van der Waals surface area contributed by atoms with Crippen LogP contribution < -0.4 is 5.32 Å². The molecule has 0 aliphatic carbocycles. The molecule has 5 heteroatoms. The van der Waals surface area contributed by atoms with Crippen LogP contribution in [0, 0.1) is 11.3 Å². The number of ether oxygens (including phenoxy) is 2. The van der Waals surface area contributed by atoms with Gasteiger partial charge >= 0.3 is 5.97 Å². The molecule has 0 aliphatic heterocycles. The summed E-state index contributed by atoms with van der Waals surface area (Å²) in [6.45, 7) is 3.40. The number of hydrogen-bond acceptors (Lipinski definition) is 5. The number of carbonyl (C=O) groups is 1. The summed E-state index contributed by atoms with van der Waals surface area (Å²) in [5.74, 6) is -0.382. The zero-order valence-corrected chi connectivity index (χ0v) is 11.2. The summed E-state index contributed by atoms with van der Waals surface area (Å²) in [7, 11) is 1.64. The molecule has 1 aromatic carbocycles. The second-order valence-corrected chi connectivity index (χ2v) is 3.87. The lowest BCUT2D eigenvalue weighted by molar-refractivity contribution is 0.0526. The highest BCUT2D eigenvalue weighted by Gasteiger charge is 2.10. The molecule has 1 aromatic rings. The fourth-order valence-corrected chi connectivity index (χ4v) is 1.57. The van der Waals surface area contributed by atoms with Crippen molar-refractivity contribution < 1.29 is 14.3 Å². The molecule has 1 rings (SSSR count). The van der Waals surface area contributed by atoms with E-state index in [1.165, 1.54) is 0 Å². The Balaban J connectivity index is 2.78. The molecule has 19 heavy (non-hydrogen) atoms. The predicted octanol–water partition coefficient (Wildman–Crippen LogP) is 2.18. The Morgan fingerprint density at radius 2 is 2.26 bits per heavy atom. The minimum Gasteiger partial charge on any atom is -0.462 e. The first-order valence-electron chi connectivity index (χ1n) is 6.17. The van der Waals surface area contributed by atoms with Gasteiger partial charge in [0.1, 0.15) is 6.07 Å². The van der Waals surface area contributed by atoms with Crippen LogP contribution in [-0.4, -0.2) is 32.8 Å². The van der Waals surface area contributed by atoms with E-state index < -0.39 is 0 Å². The summed E-state index contributed by atoms with van der Waals surface area (Å²) < 4.78 is 9.88. The number of hydrogen-bond donors (Lipinski definition) is 1. The molecule has 0 saturated carbocycles. The Labute approximate surface area is 113 Å². The SMILES string of the molecule is CCOC(=O)c1ccc(C#N)c(NCCCOC)c1. The first-order chi connectivity index (χ1) is 9.22. The summed E-state index contributed by atoms with van der Waals surface area (Å²) in [6.07, 6.45) is 0.824. The van der Waals surface area contributed by atoms with Crippen LogP contribution in [0.1, 0.15) is 29.3 Å². The van der Waals surface area contributed by atoms with Gasteiger partial charge in [-0.3, -0.25) is 0 Å². The normalized spacial score (nSPS) is 9.74. The van der Waals surface area contributed by atoms with E-state index in [1.54, 1.807) is 32.2 Å². The maximum absolute atomic E-state index is 11.6. The van der Waals surface area contributed by atoms with E-state index in [9.17, 15) is 4.79 Å². The standard InChI is InChI=1S/C14H18N2O3/c1-3-19-14(17)11-5-6-12(10-15)13(9-11)16-7-4-8-18-2/h5-6,9,16H,3-4,7-8H2,1-2H3. The third-order valence-electron chi connectivity index (χ3n) is 2.49. The van der Waals surface area contributed by atoms with Gasteiger partial charge in [-0.15, -0.1) is 0 Å². The molecule has 0 amide bonds. The molecule has 0 spiro atoms. The van der Waals surface area contributed by atoms with Crippen molar-refractivity contribution in [1.29, 1.82) is 5.26 Å². The lowest BCUT2D eigenvalue weighted by Gasteiger charge is -2.09. The summed E-state index contributed by atoms with van der Waals surface area (Å²) in [5.41, 5.74) is 1.59. The van der Waals surface area contributed by atoms with Gasteiger partial charge in [0.2, 0.25) is 0 Å². The second kappa shape index (κ2) is 8.11. The van der Waals surface area contributed by atoms with Crippen molar-refractivity contribution in [3.8, 4) is 6.07 Å². The molecular formula is C14H18N2O3. The average Bonchev–Trinajstić information content (AvgIpc) is 2.43.